The summed E-state index contributed by atoms with van der Waals surface area (Å²) in [7, 11) is 0. The predicted molar refractivity (Wildman–Crippen MR) is 90.8 cm³/mol. The first-order valence-corrected chi connectivity index (χ1v) is 9.42. The highest BCUT2D eigenvalue weighted by Crippen LogP contribution is 2.29. The van der Waals surface area contributed by atoms with Crippen LogP contribution in [0.4, 0.5) is 0 Å². The molecule has 8 N–H and O–H groups in total. The highest BCUT2D eigenvalue weighted by molar-refractivity contribution is 4.94. The van der Waals surface area contributed by atoms with Crippen LogP contribution in [-0.2, 0) is 14.2 Å². The monoisotopic (exact) mass is 410 g/mol. The van der Waals surface area contributed by atoms with E-state index in [-0.39, 0.29) is 0 Å². The highest BCUT2D eigenvalue weighted by atomic mass is 16.7. The summed E-state index contributed by atoms with van der Waals surface area (Å²) in [5, 5.41) is 72.9. The molecule has 10 atom stereocenters. The molecule has 3 rings (SSSR count). The van der Waals surface area contributed by atoms with Crippen LogP contribution in [0.2, 0.25) is 0 Å². The van der Waals surface area contributed by atoms with E-state index in [4.69, 9.17) is 14.2 Å². The fraction of sp³-hybridized carbons (Fsp3) is 1.00. The third-order valence-electron chi connectivity index (χ3n) is 5.45. The highest BCUT2D eigenvalue weighted by Gasteiger charge is 2.50. The van der Waals surface area contributed by atoms with Gasteiger partial charge in [0.2, 0.25) is 0 Å². The summed E-state index contributed by atoms with van der Waals surface area (Å²) in [4.78, 5) is 2.03. The number of aliphatic hydroxyl groups is 7. The van der Waals surface area contributed by atoms with E-state index >= 15 is 0 Å². The van der Waals surface area contributed by atoms with Crippen LogP contribution < -0.4 is 5.32 Å². The van der Waals surface area contributed by atoms with E-state index in [1.807, 2.05) is 4.90 Å². The normalized spacial score (nSPS) is 48.5. The minimum absolute atomic E-state index is 0.293. The molecular formula is C16H30N2O10. The van der Waals surface area contributed by atoms with E-state index in [1.54, 1.807) is 0 Å². The molecule has 0 radical (unpaired) electrons. The third-order valence-corrected chi connectivity index (χ3v) is 5.45. The maximum Gasteiger partial charge on any atom is 0.187 e. The van der Waals surface area contributed by atoms with Crippen molar-refractivity contribution in [3.63, 3.8) is 0 Å². The predicted octanol–water partition coefficient (Wildman–Crippen LogP) is -5.48. The minimum Gasteiger partial charge on any atom is -0.394 e. The van der Waals surface area contributed by atoms with Gasteiger partial charge in [0.25, 0.3) is 0 Å². The van der Waals surface area contributed by atoms with Gasteiger partial charge in [0, 0.05) is 32.7 Å². The molecule has 3 saturated heterocycles. The average molecular weight is 410 g/mol. The molecule has 0 spiro atoms. The maximum atomic E-state index is 10.3. The van der Waals surface area contributed by atoms with E-state index in [1.165, 1.54) is 0 Å². The Morgan fingerprint density at radius 1 is 0.821 bits per heavy atom. The van der Waals surface area contributed by atoms with Gasteiger partial charge in [-0.1, -0.05) is 0 Å². The van der Waals surface area contributed by atoms with Crippen molar-refractivity contribution in [3.8, 4) is 0 Å². The first kappa shape index (κ1) is 22.2. The Morgan fingerprint density at radius 3 is 2.14 bits per heavy atom. The Bertz CT molecular complexity index is 494. The second-order valence-electron chi connectivity index (χ2n) is 7.39. The summed E-state index contributed by atoms with van der Waals surface area (Å²) in [6.07, 6.45) is -14.4. The van der Waals surface area contributed by atoms with Gasteiger partial charge in [0.05, 0.1) is 6.61 Å². The number of hydrogen-bond donors (Lipinski definition) is 8. The van der Waals surface area contributed by atoms with E-state index in [9.17, 15) is 35.7 Å². The van der Waals surface area contributed by atoms with Crippen molar-refractivity contribution in [3.05, 3.63) is 0 Å². The molecule has 0 bridgehead atoms. The molecule has 0 amide bonds. The van der Waals surface area contributed by atoms with Crippen LogP contribution in [0.5, 0.6) is 0 Å². The van der Waals surface area contributed by atoms with Gasteiger partial charge in [0.1, 0.15) is 48.8 Å². The van der Waals surface area contributed by atoms with Crippen LogP contribution in [0.25, 0.3) is 0 Å². The smallest absolute Gasteiger partial charge is 0.187 e. The Balaban J connectivity index is 1.68. The summed E-state index contributed by atoms with van der Waals surface area (Å²) >= 11 is 0. The first-order valence-electron chi connectivity index (χ1n) is 9.42. The number of nitrogens with one attached hydrogen (secondary N) is 1. The van der Waals surface area contributed by atoms with Crippen LogP contribution in [-0.4, -0.2) is 141 Å². The van der Waals surface area contributed by atoms with Crippen molar-refractivity contribution in [1.29, 1.82) is 0 Å². The van der Waals surface area contributed by atoms with Gasteiger partial charge in [-0.25, -0.2) is 0 Å². The van der Waals surface area contributed by atoms with Crippen molar-refractivity contribution in [1.82, 2.24) is 10.2 Å². The van der Waals surface area contributed by atoms with Gasteiger partial charge in [-0.2, -0.15) is 0 Å². The molecule has 1 unspecified atom stereocenters. The third kappa shape index (κ3) is 4.64. The second kappa shape index (κ2) is 9.55. The van der Waals surface area contributed by atoms with E-state index in [0.29, 0.717) is 6.54 Å². The fourth-order valence-electron chi connectivity index (χ4n) is 3.72. The number of piperazine rings is 1. The second-order valence-corrected chi connectivity index (χ2v) is 7.39. The molecule has 0 aliphatic carbocycles. The molecular weight excluding hydrogens is 380 g/mol. The Labute approximate surface area is 161 Å². The van der Waals surface area contributed by atoms with Crippen molar-refractivity contribution in [2.24, 2.45) is 0 Å². The Hall–Kier alpha value is -0.480. The molecule has 12 heteroatoms. The number of aliphatic hydroxyl groups excluding tert-OH is 7. The molecule has 0 saturated carbocycles. The summed E-state index contributed by atoms with van der Waals surface area (Å²) < 4.78 is 16.2. The summed E-state index contributed by atoms with van der Waals surface area (Å²) in [6, 6.07) is 0. The quantitative estimate of drug-likeness (QED) is 0.215. The molecule has 3 fully saturated rings. The van der Waals surface area contributed by atoms with Crippen LogP contribution in [0.3, 0.4) is 0 Å². The van der Waals surface area contributed by atoms with Crippen molar-refractivity contribution in [2.45, 2.75) is 61.4 Å². The van der Waals surface area contributed by atoms with E-state index < -0.39 is 68.0 Å². The topological polar surface area (TPSA) is 185 Å². The maximum absolute atomic E-state index is 10.3. The van der Waals surface area contributed by atoms with Crippen LogP contribution in [0, 0.1) is 0 Å². The SMILES string of the molecule is OC[C@H]1OC(O)[C@H](O)[C@@H](O)[C@@H]1O[C@@H]1O[C@H](CN2CCNCC2)[C@H](O)[C@H](O)[C@H]1O. The average Bonchev–Trinajstić information content (AvgIpc) is 2.70. The molecule has 3 aliphatic rings. The van der Waals surface area contributed by atoms with Gasteiger partial charge in [0.15, 0.2) is 12.6 Å². The van der Waals surface area contributed by atoms with E-state index in [0.717, 1.165) is 26.2 Å². The molecule has 28 heavy (non-hydrogen) atoms. The zero-order valence-corrected chi connectivity index (χ0v) is 15.3. The lowest BCUT2D eigenvalue weighted by atomic mass is 9.96. The molecule has 12 nitrogen and oxygen atoms in total. The summed E-state index contributed by atoms with van der Waals surface area (Å²) in [5.74, 6) is 0. The Morgan fingerprint density at radius 2 is 1.50 bits per heavy atom. The number of rotatable bonds is 5. The number of nitrogens with zero attached hydrogens (tertiary/aromatic N) is 1. The Kier molecular flexibility index (Phi) is 7.58. The van der Waals surface area contributed by atoms with Crippen LogP contribution in [0.15, 0.2) is 0 Å². The number of ether oxygens (including phenoxy) is 3. The van der Waals surface area contributed by atoms with Gasteiger partial charge >= 0.3 is 0 Å². The standard InChI is InChI=1S/C16H30N2O10/c19-6-8-14(11(22)12(23)15(25)26-8)28-16-13(24)10(21)9(20)7(27-16)5-18-3-1-17-2-4-18/h7-17,19-25H,1-6H2/t7-,8-,9+,10+,11-,12-,13-,14-,15?,16+/m1/s1. The van der Waals surface area contributed by atoms with Gasteiger partial charge in [-0.05, 0) is 0 Å². The molecule has 0 aromatic heterocycles. The number of hydrogen-bond acceptors (Lipinski definition) is 12. The van der Waals surface area contributed by atoms with Crippen molar-refractivity contribution >= 4 is 0 Å². The van der Waals surface area contributed by atoms with Gasteiger partial charge in [-0.3, -0.25) is 4.90 Å². The minimum atomic E-state index is -1.71. The van der Waals surface area contributed by atoms with E-state index in [2.05, 4.69) is 5.32 Å². The van der Waals surface area contributed by atoms with Crippen molar-refractivity contribution < 1.29 is 50.0 Å². The summed E-state index contributed by atoms with van der Waals surface area (Å²) in [6.45, 7) is 2.66. The first-order chi connectivity index (χ1) is 13.3. The molecule has 3 heterocycles. The van der Waals surface area contributed by atoms with Gasteiger partial charge < -0.3 is 55.3 Å². The lowest BCUT2D eigenvalue weighted by Gasteiger charge is -2.46. The lowest BCUT2D eigenvalue weighted by Crippen LogP contribution is -2.65. The summed E-state index contributed by atoms with van der Waals surface area (Å²) in [5.41, 5.74) is 0. The molecule has 0 aromatic rings. The van der Waals surface area contributed by atoms with Gasteiger partial charge in [-0.15, -0.1) is 0 Å². The lowest BCUT2D eigenvalue weighted by molar-refractivity contribution is -0.354. The van der Waals surface area contributed by atoms with Crippen LogP contribution >= 0.6 is 0 Å². The molecule has 0 aromatic carbocycles. The molecule has 164 valence electrons. The largest absolute Gasteiger partial charge is 0.394 e. The fourth-order valence-corrected chi connectivity index (χ4v) is 3.72. The van der Waals surface area contributed by atoms with Crippen molar-refractivity contribution in [2.75, 3.05) is 39.3 Å². The van der Waals surface area contributed by atoms with Crippen LogP contribution in [0.1, 0.15) is 0 Å². The zero-order chi connectivity index (χ0) is 20.4. The zero-order valence-electron chi connectivity index (χ0n) is 15.3. The molecule has 3 aliphatic heterocycles.